The molecular formula is C18H32O6Sn. The third-order valence-corrected chi connectivity index (χ3v) is 13.7. The van der Waals surface area contributed by atoms with Crippen LogP contribution in [0.4, 0.5) is 0 Å². The quantitative estimate of drug-likeness (QED) is 0.288. The fourth-order valence-corrected chi connectivity index (χ4v) is 12.2. The predicted octanol–water partition coefficient (Wildman–Crippen LogP) is 3.85. The number of rotatable bonds is 14. The van der Waals surface area contributed by atoms with Crippen LogP contribution in [0, 0.1) is 0 Å². The first-order valence-corrected chi connectivity index (χ1v) is 15.7. The second-order valence-electron chi connectivity index (χ2n) is 6.20. The summed E-state index contributed by atoms with van der Waals surface area (Å²) in [5.41, 5.74) is 0. The fraction of sp³-hybridized carbons (Fsp3) is 0.778. The topological polar surface area (TPSA) is 86.7 Å². The van der Waals surface area contributed by atoms with Crippen LogP contribution in [0.25, 0.3) is 0 Å². The number of hydrogen-bond acceptors (Lipinski definition) is 6. The van der Waals surface area contributed by atoms with Crippen molar-refractivity contribution in [1.29, 1.82) is 0 Å². The van der Waals surface area contributed by atoms with E-state index in [0.717, 1.165) is 25.7 Å². The minimum atomic E-state index is -4.02. The molecule has 0 saturated carbocycles. The molecule has 25 heavy (non-hydrogen) atoms. The van der Waals surface area contributed by atoms with Gasteiger partial charge in [-0.25, -0.2) is 0 Å². The molecule has 0 unspecified atom stereocenters. The summed E-state index contributed by atoms with van der Waals surface area (Å²) in [5.74, 6) is -1.57. The normalized spacial score (nSPS) is 11.0. The first-order valence-electron chi connectivity index (χ1n) is 9.29. The monoisotopic (exact) mass is 464 g/mol. The Balaban J connectivity index is 5.24. The summed E-state index contributed by atoms with van der Waals surface area (Å²) in [7, 11) is 0. The van der Waals surface area contributed by atoms with Crippen molar-refractivity contribution >= 4 is 42.7 Å². The van der Waals surface area contributed by atoms with E-state index in [-0.39, 0.29) is 37.2 Å². The van der Waals surface area contributed by atoms with E-state index in [4.69, 9.17) is 6.15 Å². The molecule has 0 aromatic rings. The van der Waals surface area contributed by atoms with Gasteiger partial charge in [-0.15, -0.1) is 0 Å². The Bertz CT molecular complexity index is 418. The average molecular weight is 463 g/mol. The first-order chi connectivity index (χ1) is 11.8. The van der Waals surface area contributed by atoms with Gasteiger partial charge in [0.2, 0.25) is 0 Å². The van der Waals surface area contributed by atoms with Crippen molar-refractivity contribution in [2.45, 2.75) is 87.9 Å². The van der Waals surface area contributed by atoms with Gasteiger partial charge in [-0.3, -0.25) is 0 Å². The molecule has 0 bridgehead atoms. The van der Waals surface area contributed by atoms with Gasteiger partial charge in [0.15, 0.2) is 0 Å². The molecule has 6 nitrogen and oxygen atoms in total. The van der Waals surface area contributed by atoms with E-state index in [1.165, 1.54) is 0 Å². The van der Waals surface area contributed by atoms with Crippen LogP contribution in [0.1, 0.15) is 79.1 Å². The summed E-state index contributed by atoms with van der Waals surface area (Å²) in [6.45, 7) is 7.41. The van der Waals surface area contributed by atoms with E-state index >= 15 is 0 Å². The number of carbonyl (C=O) groups is 4. The second kappa shape index (κ2) is 13.3. The predicted molar refractivity (Wildman–Crippen MR) is 97.2 cm³/mol. The fourth-order valence-electron chi connectivity index (χ4n) is 2.30. The molecule has 0 saturated heterocycles. The molecule has 7 heteroatoms. The molecule has 0 amide bonds. The molecule has 0 aromatic heterocycles. The standard InChI is InChI=1S/2C5H8O3.2C4H9.Sn/c2*1-2-4(6)3-5(7)8;2*1-3-4-2;/h2*2-3H2,1H3,(H,7,8);2*1,3-4H2,2H3;/q;;;;+2/p-2. The molecule has 0 aliphatic heterocycles. The van der Waals surface area contributed by atoms with Crippen LogP contribution in [0.15, 0.2) is 0 Å². The van der Waals surface area contributed by atoms with Crippen molar-refractivity contribution in [3.8, 4) is 0 Å². The van der Waals surface area contributed by atoms with Crippen LogP contribution in [-0.4, -0.2) is 42.7 Å². The Kier molecular flexibility index (Phi) is 12.8. The molecular weight excluding hydrogens is 431 g/mol. The Morgan fingerprint density at radius 3 is 1.32 bits per heavy atom. The van der Waals surface area contributed by atoms with Crippen molar-refractivity contribution in [2.75, 3.05) is 0 Å². The van der Waals surface area contributed by atoms with Crippen LogP contribution in [0.2, 0.25) is 8.87 Å². The molecule has 0 heterocycles. The van der Waals surface area contributed by atoms with Gasteiger partial charge in [0.1, 0.15) is 0 Å². The van der Waals surface area contributed by atoms with Crippen LogP contribution >= 0.6 is 0 Å². The van der Waals surface area contributed by atoms with E-state index in [0.29, 0.717) is 8.87 Å². The zero-order valence-electron chi connectivity index (χ0n) is 16.0. The number of Topliss-reactive ketones (excluding diaryl/α,β-unsaturated/α-hetero) is 2. The summed E-state index contributed by atoms with van der Waals surface area (Å²) in [5, 5.41) is 0. The van der Waals surface area contributed by atoms with E-state index in [1.54, 1.807) is 13.8 Å². The van der Waals surface area contributed by atoms with E-state index in [1.807, 2.05) is 13.8 Å². The minimum absolute atomic E-state index is 0.191. The number of unbranched alkanes of at least 4 members (excludes halogenated alkanes) is 2. The molecule has 0 fully saturated rings. The number of hydrogen-bond donors (Lipinski definition) is 0. The van der Waals surface area contributed by atoms with E-state index in [9.17, 15) is 19.2 Å². The molecule has 0 radical (unpaired) electrons. The summed E-state index contributed by atoms with van der Waals surface area (Å²) in [4.78, 5) is 47.4. The molecule has 0 aliphatic carbocycles. The molecule has 0 spiro atoms. The van der Waals surface area contributed by atoms with Gasteiger partial charge < -0.3 is 0 Å². The Morgan fingerprint density at radius 1 is 0.680 bits per heavy atom. The Morgan fingerprint density at radius 2 is 1.04 bits per heavy atom. The van der Waals surface area contributed by atoms with Crippen LogP contribution in [0.3, 0.4) is 0 Å². The first kappa shape index (κ1) is 24.1. The van der Waals surface area contributed by atoms with Gasteiger partial charge in [0.25, 0.3) is 0 Å². The van der Waals surface area contributed by atoms with Gasteiger partial charge >= 0.3 is 156 Å². The van der Waals surface area contributed by atoms with Crippen molar-refractivity contribution in [3.63, 3.8) is 0 Å². The van der Waals surface area contributed by atoms with Crippen LogP contribution < -0.4 is 0 Å². The maximum atomic E-state index is 12.2. The van der Waals surface area contributed by atoms with Crippen molar-refractivity contribution < 1.29 is 25.3 Å². The zero-order valence-corrected chi connectivity index (χ0v) is 18.9. The Labute approximate surface area is 156 Å². The van der Waals surface area contributed by atoms with Crippen LogP contribution in [-0.2, 0) is 25.3 Å². The van der Waals surface area contributed by atoms with Crippen LogP contribution in [0.5, 0.6) is 0 Å². The van der Waals surface area contributed by atoms with E-state index < -0.39 is 31.1 Å². The molecule has 0 rings (SSSR count). The summed E-state index contributed by atoms with van der Waals surface area (Å²) < 4.78 is 12.5. The summed E-state index contributed by atoms with van der Waals surface area (Å²) >= 11 is -4.02. The summed E-state index contributed by atoms with van der Waals surface area (Å²) in [6.07, 6.45) is 3.35. The maximum absolute atomic E-state index is 12.2. The van der Waals surface area contributed by atoms with Crippen molar-refractivity contribution in [1.82, 2.24) is 0 Å². The average Bonchev–Trinajstić information content (AvgIpc) is 2.57. The van der Waals surface area contributed by atoms with Gasteiger partial charge in [-0.2, -0.15) is 0 Å². The van der Waals surface area contributed by atoms with Gasteiger partial charge in [-0.1, -0.05) is 0 Å². The molecule has 0 N–H and O–H groups in total. The van der Waals surface area contributed by atoms with Crippen molar-refractivity contribution in [2.24, 2.45) is 0 Å². The van der Waals surface area contributed by atoms with Gasteiger partial charge in [0, 0.05) is 0 Å². The SMILES string of the molecule is CCC[CH2][Sn]([CH2]CCC)([O]C(=O)CC(=O)CC)[O]C(=O)CC(=O)CC. The zero-order chi connectivity index (χ0) is 19.3. The van der Waals surface area contributed by atoms with Gasteiger partial charge in [-0.05, 0) is 0 Å². The second-order valence-corrected chi connectivity index (χ2v) is 15.4. The third-order valence-electron chi connectivity index (χ3n) is 3.89. The number of carbonyl (C=O) groups excluding carboxylic acids is 4. The molecule has 0 aliphatic rings. The molecule has 0 aromatic carbocycles. The van der Waals surface area contributed by atoms with E-state index in [2.05, 4.69) is 0 Å². The third kappa shape index (κ3) is 10.6. The number of ketones is 2. The molecule has 0 atom stereocenters. The molecule has 144 valence electrons. The van der Waals surface area contributed by atoms with Crippen molar-refractivity contribution in [3.05, 3.63) is 0 Å². The van der Waals surface area contributed by atoms with Gasteiger partial charge in [0.05, 0.1) is 0 Å². The summed E-state index contributed by atoms with van der Waals surface area (Å²) in [6, 6.07) is 0. The Hall–Kier alpha value is -0.921.